The van der Waals surface area contributed by atoms with Gasteiger partial charge in [0.15, 0.2) is 0 Å². The van der Waals surface area contributed by atoms with Crippen molar-refractivity contribution in [2.75, 3.05) is 11.8 Å². The molecule has 130 valence electrons. The van der Waals surface area contributed by atoms with Crippen molar-refractivity contribution in [2.24, 2.45) is 0 Å². The average molecular weight is 375 g/mol. The molecule has 0 aliphatic heterocycles. The summed E-state index contributed by atoms with van der Waals surface area (Å²) in [5.41, 5.74) is 2.54. The van der Waals surface area contributed by atoms with E-state index in [9.17, 15) is 8.42 Å². The molecule has 1 N–H and O–H groups in total. The van der Waals surface area contributed by atoms with E-state index >= 15 is 0 Å². The van der Waals surface area contributed by atoms with Crippen molar-refractivity contribution in [2.45, 2.75) is 12.7 Å². The van der Waals surface area contributed by atoms with Crippen LogP contribution in [0.25, 0.3) is 10.6 Å². The Hall–Kier alpha value is -2.45. The molecule has 3 aromatic rings. The number of hydrogen-bond donors (Lipinski definition) is 1. The van der Waals surface area contributed by atoms with Gasteiger partial charge in [-0.3, -0.25) is 4.72 Å². The summed E-state index contributed by atoms with van der Waals surface area (Å²) >= 11 is 1.19. The molecule has 0 spiro atoms. The third kappa shape index (κ3) is 4.34. The van der Waals surface area contributed by atoms with Gasteiger partial charge in [0.1, 0.15) is 10.8 Å². The second-order valence-corrected chi connectivity index (χ2v) is 8.13. The van der Waals surface area contributed by atoms with Crippen molar-refractivity contribution < 1.29 is 13.2 Å². The maximum Gasteiger partial charge on any atom is 0.238 e. The van der Waals surface area contributed by atoms with Crippen LogP contribution >= 0.6 is 11.3 Å². The van der Waals surface area contributed by atoms with Crippen LogP contribution in [-0.2, 0) is 15.8 Å². The van der Waals surface area contributed by atoms with Crippen LogP contribution in [0.5, 0.6) is 5.75 Å². The molecule has 0 saturated carbocycles. The molecule has 0 radical (unpaired) electrons. The van der Waals surface area contributed by atoms with Crippen LogP contribution in [0.15, 0.2) is 48.5 Å². The number of methoxy groups -OCH3 is 1. The molecule has 8 heteroatoms. The van der Waals surface area contributed by atoms with Gasteiger partial charge < -0.3 is 4.74 Å². The largest absolute Gasteiger partial charge is 0.497 e. The second kappa shape index (κ2) is 7.20. The van der Waals surface area contributed by atoms with Crippen molar-refractivity contribution in [1.29, 1.82) is 0 Å². The summed E-state index contributed by atoms with van der Waals surface area (Å²) in [6.45, 7) is 1.89. The molecule has 2 aromatic carbocycles. The van der Waals surface area contributed by atoms with Crippen molar-refractivity contribution >= 4 is 26.5 Å². The monoisotopic (exact) mass is 375 g/mol. The zero-order chi connectivity index (χ0) is 17.9. The summed E-state index contributed by atoms with van der Waals surface area (Å²) in [5.74, 6) is 0.643. The first-order valence-electron chi connectivity index (χ1n) is 7.50. The Kier molecular flexibility index (Phi) is 5.00. The van der Waals surface area contributed by atoms with E-state index in [1.165, 1.54) is 11.3 Å². The molecule has 0 aliphatic carbocycles. The number of anilines is 1. The highest BCUT2D eigenvalue weighted by Gasteiger charge is 2.16. The van der Waals surface area contributed by atoms with Crippen LogP contribution in [0.4, 0.5) is 5.13 Å². The molecular formula is C17H17N3O3S2. The summed E-state index contributed by atoms with van der Waals surface area (Å²) in [7, 11) is -1.95. The fraction of sp³-hybridized carbons (Fsp3) is 0.176. The highest BCUT2D eigenvalue weighted by atomic mass is 32.2. The van der Waals surface area contributed by atoms with Crippen molar-refractivity contribution in [3.05, 3.63) is 59.7 Å². The van der Waals surface area contributed by atoms with E-state index in [2.05, 4.69) is 14.9 Å². The first-order chi connectivity index (χ1) is 12.0. The predicted molar refractivity (Wildman–Crippen MR) is 99.3 cm³/mol. The van der Waals surface area contributed by atoms with Crippen molar-refractivity contribution in [3.63, 3.8) is 0 Å². The third-order valence-electron chi connectivity index (χ3n) is 3.61. The van der Waals surface area contributed by atoms with E-state index in [-0.39, 0.29) is 10.9 Å². The Morgan fingerprint density at radius 1 is 1.08 bits per heavy atom. The van der Waals surface area contributed by atoms with Gasteiger partial charge >= 0.3 is 0 Å². The van der Waals surface area contributed by atoms with Crippen LogP contribution in [0.2, 0.25) is 0 Å². The second-order valence-electron chi connectivity index (χ2n) is 5.43. The van der Waals surface area contributed by atoms with Gasteiger partial charge in [0.05, 0.1) is 12.9 Å². The normalized spacial score (nSPS) is 11.3. The number of nitrogens with one attached hydrogen (secondary N) is 1. The molecule has 0 amide bonds. The zero-order valence-corrected chi connectivity index (χ0v) is 15.4. The molecule has 3 rings (SSSR count). The molecule has 0 aliphatic rings. The minimum absolute atomic E-state index is 0.100. The van der Waals surface area contributed by atoms with Gasteiger partial charge in [-0.2, -0.15) is 0 Å². The van der Waals surface area contributed by atoms with E-state index < -0.39 is 10.0 Å². The lowest BCUT2D eigenvalue weighted by molar-refractivity contribution is 0.415. The van der Waals surface area contributed by atoms with Gasteiger partial charge in [-0.1, -0.05) is 35.6 Å². The number of sulfonamides is 1. The van der Waals surface area contributed by atoms with Crippen LogP contribution in [0.3, 0.4) is 0 Å². The fourth-order valence-electron chi connectivity index (χ4n) is 2.26. The standard InChI is InChI=1S/C17H17N3O3S2/c1-12-5-3-4-6-14(12)11-25(21,22)20-17-19-18-16(24-17)13-7-9-15(23-2)10-8-13/h3-10H,11H2,1-2H3,(H,19,20). The summed E-state index contributed by atoms with van der Waals surface area (Å²) < 4.78 is 32.3. The van der Waals surface area contributed by atoms with Crippen molar-refractivity contribution in [3.8, 4) is 16.3 Å². The van der Waals surface area contributed by atoms with Gasteiger partial charge in [-0.15, -0.1) is 10.2 Å². The molecule has 6 nitrogen and oxygen atoms in total. The summed E-state index contributed by atoms with van der Waals surface area (Å²) in [4.78, 5) is 0. The van der Waals surface area contributed by atoms with E-state index in [1.807, 2.05) is 49.4 Å². The van der Waals surface area contributed by atoms with Gasteiger partial charge in [0.2, 0.25) is 15.2 Å². The molecule has 1 aromatic heterocycles. The Morgan fingerprint density at radius 3 is 2.48 bits per heavy atom. The molecule has 0 saturated heterocycles. The number of aryl methyl sites for hydroxylation is 1. The Labute approximate surface area is 150 Å². The molecule has 1 heterocycles. The predicted octanol–water partition coefficient (Wildman–Crippen LogP) is 3.46. The number of benzene rings is 2. The summed E-state index contributed by atoms with van der Waals surface area (Å²) in [6.07, 6.45) is 0. The topological polar surface area (TPSA) is 81.2 Å². The lowest BCUT2D eigenvalue weighted by Gasteiger charge is -2.07. The quantitative estimate of drug-likeness (QED) is 0.713. The van der Waals surface area contributed by atoms with Gasteiger partial charge in [0.25, 0.3) is 0 Å². The number of aromatic nitrogens is 2. The van der Waals surface area contributed by atoms with Gasteiger partial charge in [-0.25, -0.2) is 8.42 Å². The maximum atomic E-state index is 12.4. The lowest BCUT2D eigenvalue weighted by Crippen LogP contribution is -2.15. The van der Waals surface area contributed by atoms with E-state index in [0.29, 0.717) is 5.01 Å². The summed E-state index contributed by atoms with van der Waals surface area (Å²) in [6, 6.07) is 14.7. The molecule has 0 atom stereocenters. The van der Waals surface area contributed by atoms with Crippen LogP contribution in [-0.4, -0.2) is 25.7 Å². The minimum Gasteiger partial charge on any atom is -0.497 e. The fourth-order valence-corrected chi connectivity index (χ4v) is 4.52. The zero-order valence-electron chi connectivity index (χ0n) is 13.8. The SMILES string of the molecule is COc1ccc(-c2nnc(NS(=O)(=O)Cc3ccccc3C)s2)cc1. The Balaban J connectivity index is 1.75. The van der Waals surface area contributed by atoms with Gasteiger partial charge in [-0.05, 0) is 42.3 Å². The maximum absolute atomic E-state index is 12.4. The van der Waals surface area contributed by atoms with Gasteiger partial charge in [0, 0.05) is 5.56 Å². The number of nitrogens with zero attached hydrogens (tertiary/aromatic N) is 2. The minimum atomic E-state index is -3.55. The average Bonchev–Trinajstić information content (AvgIpc) is 3.04. The van der Waals surface area contributed by atoms with Crippen molar-refractivity contribution in [1.82, 2.24) is 10.2 Å². The third-order valence-corrected chi connectivity index (χ3v) is 5.82. The Bertz CT molecular complexity index is 967. The van der Waals surface area contributed by atoms with Crippen LogP contribution in [0.1, 0.15) is 11.1 Å². The first-order valence-corrected chi connectivity index (χ1v) is 9.96. The van der Waals surface area contributed by atoms with E-state index in [4.69, 9.17) is 4.74 Å². The first kappa shape index (κ1) is 17.4. The van der Waals surface area contributed by atoms with Crippen LogP contribution in [0, 0.1) is 6.92 Å². The summed E-state index contributed by atoms with van der Waals surface area (Å²) in [5, 5.41) is 8.87. The Morgan fingerprint density at radius 2 is 1.80 bits per heavy atom. The molecule has 25 heavy (non-hydrogen) atoms. The van der Waals surface area contributed by atoms with Crippen LogP contribution < -0.4 is 9.46 Å². The number of rotatable bonds is 6. The number of ether oxygens (including phenoxy) is 1. The molecule has 0 bridgehead atoms. The van der Waals surface area contributed by atoms with E-state index in [0.717, 1.165) is 22.4 Å². The highest BCUT2D eigenvalue weighted by molar-refractivity contribution is 7.92. The number of hydrogen-bond acceptors (Lipinski definition) is 6. The molecule has 0 unspecified atom stereocenters. The lowest BCUT2D eigenvalue weighted by atomic mass is 10.1. The smallest absolute Gasteiger partial charge is 0.238 e. The van der Waals surface area contributed by atoms with E-state index in [1.54, 1.807) is 13.2 Å². The molecular weight excluding hydrogens is 358 g/mol. The molecule has 0 fully saturated rings. The highest BCUT2D eigenvalue weighted by Crippen LogP contribution is 2.28.